The predicted octanol–water partition coefficient (Wildman–Crippen LogP) is 9.95. The fourth-order valence-corrected chi connectivity index (χ4v) is 12.6. The van der Waals surface area contributed by atoms with Crippen LogP contribution in [0.25, 0.3) is 0 Å². The van der Waals surface area contributed by atoms with Gasteiger partial charge in [0.1, 0.15) is 0 Å². The van der Waals surface area contributed by atoms with Gasteiger partial charge >= 0.3 is 0 Å². The lowest BCUT2D eigenvalue weighted by Crippen LogP contribution is -2.56. The second kappa shape index (κ2) is 12.7. The second-order valence-electron chi connectivity index (χ2n) is 16.4. The number of carbonyl (C=O) groups is 1. The van der Waals surface area contributed by atoms with Gasteiger partial charge in [0, 0.05) is 23.0 Å². The summed E-state index contributed by atoms with van der Waals surface area (Å²) in [6.07, 6.45) is 20.2. The van der Waals surface area contributed by atoms with E-state index in [-0.39, 0.29) is 16.7 Å². The number of thioether (sulfide) groups is 1. The van der Waals surface area contributed by atoms with E-state index in [4.69, 9.17) is 21.8 Å². The van der Waals surface area contributed by atoms with Crippen molar-refractivity contribution < 1.29 is 4.79 Å². The number of halogens is 1. The molecular weight excluding hydrogens is 558 g/mol. The molecule has 42 heavy (non-hydrogen) atoms. The largest absolute Gasteiger partial charge is 0.286 e. The van der Waals surface area contributed by atoms with Gasteiger partial charge in [-0.3, -0.25) is 9.69 Å². The number of hydrogen-bond donors (Lipinski definition) is 0. The lowest BCUT2D eigenvalue weighted by atomic mass is 9.44. The standard InChI is InChI=1S/C36H58ClN3OS/c1-23(2)10-9-11-24(3)28-14-15-29-27-21-32(38-39-34-40(33(41)22-42-34)26-12-7-6-8-13-26)31-20-25(37)16-18-36(31,5)30(27)17-19-35(28,29)4/h23-31H,6-22H2,1-5H3/b38-32+,39-34-. The molecule has 5 saturated carbocycles. The molecule has 236 valence electrons. The molecular formula is C36H58ClN3OS. The Hall–Kier alpha value is -0.550. The minimum absolute atomic E-state index is 0.237. The maximum Gasteiger partial charge on any atom is 0.239 e. The quantitative estimate of drug-likeness (QED) is 0.211. The number of carbonyl (C=O) groups excluding carboxylic acids is 1. The van der Waals surface area contributed by atoms with E-state index in [1.807, 2.05) is 4.90 Å². The van der Waals surface area contributed by atoms with Gasteiger partial charge in [0.2, 0.25) is 5.91 Å². The Bertz CT molecular complexity index is 1050. The van der Waals surface area contributed by atoms with Crippen LogP contribution in [0, 0.1) is 52.3 Å². The van der Waals surface area contributed by atoms with Gasteiger partial charge < -0.3 is 0 Å². The summed E-state index contributed by atoms with van der Waals surface area (Å²) in [5.74, 6) is 6.01. The van der Waals surface area contributed by atoms with Crippen molar-refractivity contribution in [1.82, 2.24) is 4.90 Å². The van der Waals surface area contributed by atoms with Crippen molar-refractivity contribution >= 4 is 40.1 Å². The lowest BCUT2D eigenvalue weighted by Gasteiger charge is -2.61. The molecule has 0 spiro atoms. The van der Waals surface area contributed by atoms with Crippen molar-refractivity contribution in [2.45, 2.75) is 149 Å². The molecule has 0 aromatic heterocycles. The molecule has 6 aliphatic rings. The van der Waals surface area contributed by atoms with Crippen molar-refractivity contribution in [2.24, 2.45) is 62.5 Å². The van der Waals surface area contributed by atoms with E-state index in [2.05, 4.69) is 34.6 Å². The molecule has 0 N–H and O–H groups in total. The van der Waals surface area contributed by atoms with Gasteiger partial charge in [-0.2, -0.15) is 5.10 Å². The van der Waals surface area contributed by atoms with E-state index in [0.29, 0.717) is 23.1 Å². The molecule has 6 rings (SSSR count). The molecule has 6 fully saturated rings. The molecule has 1 heterocycles. The summed E-state index contributed by atoms with van der Waals surface area (Å²) in [5, 5.41) is 11.3. The van der Waals surface area contributed by atoms with E-state index in [9.17, 15) is 4.79 Å². The number of amides is 1. The molecule has 5 aliphatic carbocycles. The fraction of sp³-hybridized carbons (Fsp3) is 0.917. The SMILES string of the molecule is CC(C)CCCC(C)C1CCC2C3C/C(=N\N=C4/SCC(=O)N4C4CCCCC4)C4CC(Cl)CCC4(C)C3CCC12C. The Morgan fingerprint density at radius 1 is 0.929 bits per heavy atom. The summed E-state index contributed by atoms with van der Waals surface area (Å²) in [6, 6.07) is 0.320. The fourth-order valence-electron chi connectivity index (χ4n) is 11.4. The van der Waals surface area contributed by atoms with Crippen LogP contribution in [0.1, 0.15) is 137 Å². The van der Waals surface area contributed by atoms with Gasteiger partial charge in [0.05, 0.1) is 5.75 Å². The summed E-state index contributed by atoms with van der Waals surface area (Å²) < 4.78 is 0. The van der Waals surface area contributed by atoms with Crippen LogP contribution in [-0.4, -0.2) is 38.9 Å². The predicted molar refractivity (Wildman–Crippen MR) is 179 cm³/mol. The second-order valence-corrected chi connectivity index (χ2v) is 17.9. The van der Waals surface area contributed by atoms with Gasteiger partial charge in [-0.05, 0) is 111 Å². The zero-order valence-electron chi connectivity index (χ0n) is 27.3. The number of rotatable bonds is 7. The molecule has 6 heteroatoms. The van der Waals surface area contributed by atoms with E-state index >= 15 is 0 Å². The first kappa shape index (κ1) is 31.4. The summed E-state index contributed by atoms with van der Waals surface area (Å²) in [7, 11) is 0. The van der Waals surface area contributed by atoms with Gasteiger partial charge in [-0.1, -0.05) is 84.9 Å². The van der Waals surface area contributed by atoms with E-state index in [1.54, 1.807) is 11.8 Å². The Morgan fingerprint density at radius 2 is 1.67 bits per heavy atom. The first-order valence-electron chi connectivity index (χ1n) is 17.8. The van der Waals surface area contributed by atoms with Crippen LogP contribution >= 0.6 is 23.4 Å². The minimum atomic E-state index is 0.237. The molecule has 1 amide bonds. The first-order valence-corrected chi connectivity index (χ1v) is 19.3. The van der Waals surface area contributed by atoms with Crippen molar-refractivity contribution in [3.63, 3.8) is 0 Å². The first-order chi connectivity index (χ1) is 20.1. The summed E-state index contributed by atoms with van der Waals surface area (Å²) in [5.41, 5.74) is 2.06. The zero-order chi connectivity index (χ0) is 29.6. The van der Waals surface area contributed by atoms with Crippen molar-refractivity contribution in [3.8, 4) is 0 Å². The van der Waals surface area contributed by atoms with Gasteiger partial charge in [-0.25, -0.2) is 0 Å². The maximum atomic E-state index is 12.9. The third kappa shape index (κ3) is 5.78. The number of amidine groups is 1. The van der Waals surface area contributed by atoms with Crippen LogP contribution in [-0.2, 0) is 4.79 Å². The molecule has 0 radical (unpaired) electrons. The number of hydrogen-bond acceptors (Lipinski definition) is 4. The van der Waals surface area contributed by atoms with Crippen molar-refractivity contribution in [2.75, 3.05) is 5.75 Å². The highest BCUT2D eigenvalue weighted by Gasteiger charge is 2.62. The molecule has 4 nitrogen and oxygen atoms in total. The average Bonchev–Trinajstić information content (AvgIpc) is 3.51. The van der Waals surface area contributed by atoms with Crippen LogP contribution in [0.15, 0.2) is 10.2 Å². The summed E-state index contributed by atoms with van der Waals surface area (Å²) >= 11 is 8.50. The van der Waals surface area contributed by atoms with Gasteiger partial charge in [-0.15, -0.1) is 16.7 Å². The Labute approximate surface area is 266 Å². The van der Waals surface area contributed by atoms with Crippen molar-refractivity contribution in [1.29, 1.82) is 0 Å². The van der Waals surface area contributed by atoms with Crippen LogP contribution in [0.3, 0.4) is 0 Å². The highest BCUT2D eigenvalue weighted by atomic mass is 35.5. The number of alkyl halides is 1. The molecule has 0 aromatic rings. The molecule has 1 aliphatic heterocycles. The third-order valence-electron chi connectivity index (χ3n) is 13.6. The maximum absolute atomic E-state index is 12.9. The summed E-state index contributed by atoms with van der Waals surface area (Å²) in [6.45, 7) is 12.6. The van der Waals surface area contributed by atoms with Crippen LogP contribution in [0.4, 0.5) is 0 Å². The third-order valence-corrected chi connectivity index (χ3v) is 14.9. The highest BCUT2D eigenvalue weighted by molar-refractivity contribution is 8.15. The Kier molecular flexibility index (Phi) is 9.49. The van der Waals surface area contributed by atoms with Crippen LogP contribution in [0.5, 0.6) is 0 Å². The van der Waals surface area contributed by atoms with Crippen LogP contribution < -0.4 is 0 Å². The van der Waals surface area contributed by atoms with Crippen LogP contribution in [0.2, 0.25) is 0 Å². The molecule has 0 aromatic carbocycles. The molecule has 1 saturated heterocycles. The zero-order valence-corrected chi connectivity index (χ0v) is 28.8. The average molecular weight is 616 g/mol. The van der Waals surface area contributed by atoms with Crippen molar-refractivity contribution in [3.05, 3.63) is 0 Å². The van der Waals surface area contributed by atoms with E-state index in [1.165, 1.54) is 76.3 Å². The molecule has 0 bridgehead atoms. The minimum Gasteiger partial charge on any atom is -0.286 e. The monoisotopic (exact) mass is 615 g/mol. The molecule has 9 atom stereocenters. The Balaban J connectivity index is 1.27. The smallest absolute Gasteiger partial charge is 0.239 e. The molecule has 9 unspecified atom stereocenters. The van der Waals surface area contributed by atoms with E-state index < -0.39 is 0 Å². The lowest BCUT2D eigenvalue weighted by molar-refractivity contribution is -0.126. The van der Waals surface area contributed by atoms with Gasteiger partial charge in [0.15, 0.2) is 5.17 Å². The normalized spacial score (nSPS) is 43.6. The highest BCUT2D eigenvalue weighted by Crippen LogP contribution is 2.68. The number of fused-ring (bicyclic) bond motifs is 5. The number of nitrogens with zero attached hydrogens (tertiary/aromatic N) is 3. The Morgan fingerprint density at radius 3 is 2.43 bits per heavy atom. The topological polar surface area (TPSA) is 45.0 Å². The van der Waals surface area contributed by atoms with Gasteiger partial charge in [0.25, 0.3) is 0 Å². The summed E-state index contributed by atoms with van der Waals surface area (Å²) in [4.78, 5) is 15.0. The van der Waals surface area contributed by atoms with E-state index in [0.717, 1.165) is 72.8 Å².